The van der Waals surface area contributed by atoms with Crippen LogP contribution in [-0.4, -0.2) is 32.4 Å². The van der Waals surface area contributed by atoms with Gasteiger partial charge in [0.2, 0.25) is 0 Å². The quantitative estimate of drug-likeness (QED) is 0.660. The van der Waals surface area contributed by atoms with Gasteiger partial charge in [-0.15, -0.1) is 0 Å². The molecule has 1 aromatic carbocycles. The molecule has 0 bridgehead atoms. The Balaban J connectivity index is 2.48. The van der Waals surface area contributed by atoms with Crippen LogP contribution in [0, 0.1) is 10.1 Å². The first-order valence-corrected chi connectivity index (χ1v) is 5.73. The summed E-state index contributed by atoms with van der Waals surface area (Å²) in [4.78, 5) is 21.1. The smallest absolute Gasteiger partial charge is 0.356 e. The first-order valence-electron chi connectivity index (χ1n) is 5.73. The molecule has 0 aliphatic heterocycles. The van der Waals surface area contributed by atoms with Gasteiger partial charge in [-0.1, -0.05) is 0 Å². The molecule has 0 spiro atoms. The normalized spacial score (nSPS) is 10.2. The zero-order chi connectivity index (χ0) is 14.7. The number of nitro benzene ring substituents is 1. The molecule has 0 saturated heterocycles. The zero-order valence-electron chi connectivity index (χ0n) is 10.5. The highest BCUT2D eigenvalue weighted by atomic mass is 16.6. The highest BCUT2D eigenvalue weighted by Crippen LogP contribution is 2.25. The van der Waals surface area contributed by atoms with E-state index in [1.54, 1.807) is 13.0 Å². The molecule has 0 unspecified atom stereocenters. The lowest BCUT2D eigenvalue weighted by molar-refractivity contribution is -0.384. The SMILES string of the molecule is CCOc1cc(-n2ccc(C(=O)O)n2)cc([N+](=O)[O-])c1. The van der Waals surface area contributed by atoms with Gasteiger partial charge < -0.3 is 9.84 Å². The van der Waals surface area contributed by atoms with Gasteiger partial charge in [0.05, 0.1) is 23.3 Å². The van der Waals surface area contributed by atoms with Crippen LogP contribution < -0.4 is 4.74 Å². The topological polar surface area (TPSA) is 107 Å². The second-order valence-electron chi connectivity index (χ2n) is 3.83. The van der Waals surface area contributed by atoms with E-state index in [9.17, 15) is 14.9 Å². The third-order valence-electron chi connectivity index (χ3n) is 2.47. The highest BCUT2D eigenvalue weighted by molar-refractivity contribution is 5.85. The van der Waals surface area contributed by atoms with Crippen molar-refractivity contribution in [1.29, 1.82) is 0 Å². The summed E-state index contributed by atoms with van der Waals surface area (Å²) in [5, 5.41) is 23.5. The van der Waals surface area contributed by atoms with Gasteiger partial charge in [0.1, 0.15) is 5.75 Å². The van der Waals surface area contributed by atoms with Crippen molar-refractivity contribution >= 4 is 11.7 Å². The second-order valence-corrected chi connectivity index (χ2v) is 3.83. The Bertz CT molecular complexity index is 665. The number of rotatable bonds is 5. The van der Waals surface area contributed by atoms with Crippen LogP contribution in [0.5, 0.6) is 5.75 Å². The van der Waals surface area contributed by atoms with Crippen molar-refractivity contribution in [2.24, 2.45) is 0 Å². The summed E-state index contributed by atoms with van der Waals surface area (Å²) in [5.74, 6) is -0.844. The number of hydrogen-bond acceptors (Lipinski definition) is 5. The maximum Gasteiger partial charge on any atom is 0.356 e. The van der Waals surface area contributed by atoms with Gasteiger partial charge >= 0.3 is 5.97 Å². The van der Waals surface area contributed by atoms with Crippen LogP contribution in [0.2, 0.25) is 0 Å². The zero-order valence-corrected chi connectivity index (χ0v) is 10.5. The van der Waals surface area contributed by atoms with Gasteiger partial charge in [0, 0.05) is 18.3 Å². The van der Waals surface area contributed by atoms with Crippen LogP contribution in [0.4, 0.5) is 5.69 Å². The molecule has 0 fully saturated rings. The monoisotopic (exact) mass is 277 g/mol. The molecule has 1 heterocycles. The summed E-state index contributed by atoms with van der Waals surface area (Å²) >= 11 is 0. The molecule has 0 aliphatic carbocycles. The van der Waals surface area contributed by atoms with Crippen molar-refractivity contribution in [3.05, 3.63) is 46.3 Å². The molecular formula is C12H11N3O5. The Morgan fingerprint density at radius 3 is 2.80 bits per heavy atom. The summed E-state index contributed by atoms with van der Waals surface area (Å²) < 4.78 is 6.50. The summed E-state index contributed by atoms with van der Waals surface area (Å²) in [7, 11) is 0. The number of benzene rings is 1. The predicted octanol–water partition coefficient (Wildman–Crippen LogP) is 1.88. The molecule has 8 heteroatoms. The molecule has 20 heavy (non-hydrogen) atoms. The number of aromatic nitrogens is 2. The summed E-state index contributed by atoms with van der Waals surface area (Å²) in [6, 6.07) is 5.45. The molecule has 1 aromatic heterocycles. The lowest BCUT2D eigenvalue weighted by atomic mass is 10.2. The minimum Gasteiger partial charge on any atom is -0.494 e. The van der Waals surface area contributed by atoms with Gasteiger partial charge in [-0.2, -0.15) is 5.10 Å². The second kappa shape index (κ2) is 5.39. The van der Waals surface area contributed by atoms with Crippen molar-refractivity contribution in [1.82, 2.24) is 9.78 Å². The first kappa shape index (κ1) is 13.5. The fourth-order valence-corrected chi connectivity index (χ4v) is 1.64. The molecule has 104 valence electrons. The molecule has 2 aromatic rings. The minimum atomic E-state index is -1.17. The Kier molecular flexibility index (Phi) is 3.65. The molecule has 0 saturated carbocycles. The lowest BCUT2D eigenvalue weighted by Gasteiger charge is -2.06. The number of non-ortho nitro benzene ring substituents is 1. The number of hydrogen-bond donors (Lipinski definition) is 1. The number of aromatic carboxylic acids is 1. The van der Waals surface area contributed by atoms with Crippen LogP contribution >= 0.6 is 0 Å². The van der Waals surface area contributed by atoms with Crippen LogP contribution in [0.1, 0.15) is 17.4 Å². The van der Waals surface area contributed by atoms with E-state index >= 15 is 0 Å². The van der Waals surface area contributed by atoms with E-state index in [4.69, 9.17) is 9.84 Å². The number of carbonyl (C=O) groups is 1. The van der Waals surface area contributed by atoms with Gasteiger partial charge in [-0.3, -0.25) is 10.1 Å². The highest BCUT2D eigenvalue weighted by Gasteiger charge is 2.14. The molecule has 8 nitrogen and oxygen atoms in total. The van der Waals surface area contributed by atoms with Gasteiger partial charge in [-0.05, 0) is 13.0 Å². The number of carboxylic acid groups (broad SMARTS) is 1. The van der Waals surface area contributed by atoms with E-state index in [1.807, 2.05) is 0 Å². The maximum absolute atomic E-state index is 10.9. The van der Waals surface area contributed by atoms with E-state index < -0.39 is 10.9 Å². The minimum absolute atomic E-state index is 0.144. The van der Waals surface area contributed by atoms with Crippen molar-refractivity contribution in [2.45, 2.75) is 6.92 Å². The molecule has 0 aliphatic rings. The van der Waals surface area contributed by atoms with Gasteiger partial charge in [0.15, 0.2) is 5.69 Å². The number of nitrogens with zero attached hydrogens (tertiary/aromatic N) is 3. The van der Waals surface area contributed by atoms with Crippen LogP contribution in [0.25, 0.3) is 5.69 Å². The van der Waals surface area contributed by atoms with Gasteiger partial charge in [0.25, 0.3) is 5.69 Å². The summed E-state index contributed by atoms with van der Waals surface area (Å²) in [6.45, 7) is 2.12. The average molecular weight is 277 g/mol. The lowest BCUT2D eigenvalue weighted by Crippen LogP contribution is -2.02. The molecule has 1 N–H and O–H groups in total. The fourth-order valence-electron chi connectivity index (χ4n) is 1.64. The largest absolute Gasteiger partial charge is 0.494 e. The summed E-state index contributed by atoms with van der Waals surface area (Å²) in [5.41, 5.74) is 0.0583. The molecule has 0 radical (unpaired) electrons. The van der Waals surface area contributed by atoms with E-state index in [0.29, 0.717) is 18.0 Å². The van der Waals surface area contributed by atoms with E-state index in [1.165, 1.54) is 29.1 Å². The van der Waals surface area contributed by atoms with Crippen molar-refractivity contribution in [3.8, 4) is 11.4 Å². The van der Waals surface area contributed by atoms with E-state index in [-0.39, 0.29) is 11.4 Å². The number of nitro groups is 1. The Morgan fingerprint density at radius 1 is 1.50 bits per heavy atom. The van der Waals surface area contributed by atoms with Crippen molar-refractivity contribution in [3.63, 3.8) is 0 Å². The third-order valence-corrected chi connectivity index (χ3v) is 2.47. The van der Waals surface area contributed by atoms with Crippen LogP contribution in [-0.2, 0) is 0 Å². The Morgan fingerprint density at radius 2 is 2.25 bits per heavy atom. The standard InChI is InChI=1S/C12H11N3O5/c1-2-20-10-6-8(5-9(7-10)15(18)19)14-4-3-11(13-14)12(16)17/h3-7H,2H2,1H3,(H,16,17). The third kappa shape index (κ3) is 2.74. The van der Waals surface area contributed by atoms with Crippen LogP contribution in [0.3, 0.4) is 0 Å². The molecule has 0 amide bonds. The predicted molar refractivity (Wildman–Crippen MR) is 68.3 cm³/mol. The molecule has 0 atom stereocenters. The fraction of sp³-hybridized carbons (Fsp3) is 0.167. The van der Waals surface area contributed by atoms with Crippen LogP contribution in [0.15, 0.2) is 30.5 Å². The van der Waals surface area contributed by atoms with Crippen molar-refractivity contribution < 1.29 is 19.6 Å². The Hall–Kier alpha value is -2.90. The molecular weight excluding hydrogens is 266 g/mol. The number of ether oxygens (including phenoxy) is 1. The summed E-state index contributed by atoms with van der Waals surface area (Å²) in [6.07, 6.45) is 1.41. The maximum atomic E-state index is 10.9. The number of carboxylic acids is 1. The molecule has 2 rings (SSSR count). The first-order chi connectivity index (χ1) is 9.51. The van der Waals surface area contributed by atoms with E-state index in [0.717, 1.165) is 0 Å². The van der Waals surface area contributed by atoms with E-state index in [2.05, 4.69) is 5.10 Å². The Labute approximate surface area is 113 Å². The van der Waals surface area contributed by atoms with Crippen molar-refractivity contribution in [2.75, 3.05) is 6.61 Å². The average Bonchev–Trinajstić information content (AvgIpc) is 2.88. The van der Waals surface area contributed by atoms with Gasteiger partial charge in [-0.25, -0.2) is 9.48 Å².